The maximum atomic E-state index is 16.6. The minimum absolute atomic E-state index is 0. The summed E-state index contributed by atoms with van der Waals surface area (Å²) in [6, 6.07) is 8.30. The molecule has 0 saturated carbocycles. The molecule has 2 amide bonds. The number of methoxy groups -OCH3 is 2. The van der Waals surface area contributed by atoms with Gasteiger partial charge in [-0.1, -0.05) is 11.3 Å². The van der Waals surface area contributed by atoms with Crippen molar-refractivity contribution in [3.8, 4) is 22.8 Å². The van der Waals surface area contributed by atoms with Crippen molar-refractivity contribution in [2.45, 2.75) is 19.4 Å². The molecule has 0 unspecified atom stereocenters. The fourth-order valence-corrected chi connectivity index (χ4v) is 6.56. The Kier molecular flexibility index (Phi) is 9.11. The number of anilines is 1. The van der Waals surface area contributed by atoms with Gasteiger partial charge in [-0.3, -0.25) is 14.3 Å². The van der Waals surface area contributed by atoms with Gasteiger partial charge in [-0.25, -0.2) is 18.7 Å². The first-order valence-corrected chi connectivity index (χ1v) is 16.2. The Morgan fingerprint density at radius 2 is 1.80 bits per heavy atom. The number of aryl methyl sites for hydroxylation is 1. The zero-order valence-electron chi connectivity index (χ0n) is 27.6. The first-order valence-electron chi connectivity index (χ1n) is 16.2. The number of fused-ring (bicyclic) bond motifs is 1. The largest absolute Gasteiger partial charge is 0.493 e. The van der Waals surface area contributed by atoms with Crippen LogP contribution in [0.15, 0.2) is 61.2 Å². The molecule has 0 spiro atoms. The van der Waals surface area contributed by atoms with Gasteiger partial charge in [-0.2, -0.15) is 0 Å². The van der Waals surface area contributed by atoms with Crippen molar-refractivity contribution >= 4 is 34.1 Å². The van der Waals surface area contributed by atoms with E-state index in [1.165, 1.54) is 20.3 Å². The molecule has 1 N–H and O–H groups in total. The standard InChI is InChI=1S/C35H35F2N9O4.H2/c1-49-29-17-23(36)20-39-33(29)43-13-15-44(16-14-43)35(48)28-19-27-26(24-6-3-8-38-34(24)50-2)18-25(31(37)32(27)41-28)22-5-4-10-45(21-22)30(47)7-11-46-12-9-40-42-46;/h3,5-6,8-9,12,17-20,41H,4,7,10-11,13-16,21H2,1-2H3;1H. The number of carbonyl (C=O) groups is 2. The predicted octanol–water partition coefficient (Wildman–Crippen LogP) is 4.43. The number of ether oxygens (including phenoxy) is 2. The Balaban J connectivity index is 0.00000448. The van der Waals surface area contributed by atoms with Gasteiger partial charge in [0.25, 0.3) is 5.91 Å². The number of halogens is 2. The molecule has 0 atom stereocenters. The Labute approximate surface area is 287 Å². The highest BCUT2D eigenvalue weighted by Gasteiger charge is 2.29. The average molecular weight is 686 g/mol. The Hall–Kier alpha value is -5.86. The molecular weight excluding hydrogens is 648 g/mol. The van der Waals surface area contributed by atoms with Crippen molar-refractivity contribution in [2.24, 2.45) is 0 Å². The molecule has 1 saturated heterocycles. The summed E-state index contributed by atoms with van der Waals surface area (Å²) >= 11 is 0. The van der Waals surface area contributed by atoms with E-state index in [2.05, 4.69) is 25.3 Å². The zero-order chi connectivity index (χ0) is 34.8. The van der Waals surface area contributed by atoms with Crippen LogP contribution < -0.4 is 14.4 Å². The van der Waals surface area contributed by atoms with E-state index in [0.717, 1.165) is 6.20 Å². The SMILES string of the molecule is COc1cc(F)cnc1N1CCN(C(=O)c2cc3c(-c4cccnc4OC)cc(C4=CCCN(C(=O)CCn5ccnn5)C4)c(F)c3[nH]2)CC1.[HH]. The summed E-state index contributed by atoms with van der Waals surface area (Å²) in [6.45, 7) is 2.76. The summed E-state index contributed by atoms with van der Waals surface area (Å²) < 4.78 is 42.9. The molecule has 6 heterocycles. The second-order valence-electron chi connectivity index (χ2n) is 12.0. The number of nitrogens with one attached hydrogen (secondary N) is 1. The smallest absolute Gasteiger partial charge is 0.270 e. The molecule has 0 bridgehead atoms. The highest BCUT2D eigenvalue weighted by molar-refractivity contribution is 6.05. The molecule has 0 radical (unpaired) electrons. The van der Waals surface area contributed by atoms with Gasteiger partial charge in [0.2, 0.25) is 11.8 Å². The van der Waals surface area contributed by atoms with E-state index in [9.17, 15) is 14.0 Å². The number of hydrogen-bond acceptors (Lipinski definition) is 9. The Morgan fingerprint density at radius 3 is 2.56 bits per heavy atom. The van der Waals surface area contributed by atoms with Crippen LogP contribution in [0.1, 0.15) is 30.3 Å². The first-order chi connectivity index (χ1) is 24.3. The number of H-pyrrole nitrogens is 1. The Morgan fingerprint density at radius 1 is 0.960 bits per heavy atom. The molecule has 4 aromatic heterocycles. The van der Waals surface area contributed by atoms with Crippen molar-refractivity contribution in [1.29, 1.82) is 0 Å². The zero-order valence-corrected chi connectivity index (χ0v) is 27.6. The molecule has 1 aromatic carbocycles. The lowest BCUT2D eigenvalue weighted by molar-refractivity contribution is -0.131. The quantitative estimate of drug-likeness (QED) is 0.239. The minimum Gasteiger partial charge on any atom is -0.493 e. The molecular formula is C35H37F2N9O4. The van der Waals surface area contributed by atoms with Gasteiger partial charge < -0.3 is 29.2 Å². The number of piperazine rings is 1. The van der Waals surface area contributed by atoms with Crippen LogP contribution in [-0.2, 0) is 11.3 Å². The number of nitrogens with zero attached hydrogens (tertiary/aromatic N) is 8. The topological polar surface area (TPSA) is 135 Å². The second kappa shape index (κ2) is 13.9. The molecule has 260 valence electrons. The van der Waals surface area contributed by atoms with E-state index >= 15 is 4.39 Å². The fraction of sp³-hybridized carbons (Fsp3) is 0.314. The molecule has 2 aliphatic rings. The third-order valence-corrected chi connectivity index (χ3v) is 9.10. The van der Waals surface area contributed by atoms with Crippen molar-refractivity contribution in [3.05, 3.63) is 84.1 Å². The number of hydrogen-bond donors (Lipinski definition) is 1. The van der Waals surface area contributed by atoms with Crippen LogP contribution in [0.25, 0.3) is 27.6 Å². The van der Waals surface area contributed by atoms with Gasteiger partial charge in [0.1, 0.15) is 11.5 Å². The fourth-order valence-electron chi connectivity index (χ4n) is 6.56. The lowest BCUT2D eigenvalue weighted by atomic mass is 9.93. The van der Waals surface area contributed by atoms with E-state index in [-0.39, 0.29) is 37.4 Å². The number of aromatic nitrogens is 6. The van der Waals surface area contributed by atoms with Crippen LogP contribution >= 0.6 is 0 Å². The maximum absolute atomic E-state index is 16.6. The molecule has 50 heavy (non-hydrogen) atoms. The molecule has 5 aromatic rings. The number of pyridine rings is 2. The van der Waals surface area contributed by atoms with Crippen LogP contribution in [0.5, 0.6) is 11.6 Å². The van der Waals surface area contributed by atoms with Gasteiger partial charge >= 0.3 is 0 Å². The number of benzene rings is 1. The average Bonchev–Trinajstić information content (AvgIpc) is 3.85. The molecule has 7 rings (SSSR count). The summed E-state index contributed by atoms with van der Waals surface area (Å²) in [5.74, 6) is -0.200. The highest BCUT2D eigenvalue weighted by Crippen LogP contribution is 2.39. The van der Waals surface area contributed by atoms with Crippen LogP contribution in [0.2, 0.25) is 0 Å². The number of amides is 2. The normalized spacial score (nSPS) is 15.0. The summed E-state index contributed by atoms with van der Waals surface area (Å²) in [6.07, 6.45) is 8.76. The van der Waals surface area contributed by atoms with Crippen molar-refractivity contribution in [3.63, 3.8) is 0 Å². The van der Waals surface area contributed by atoms with Crippen LogP contribution in [0.4, 0.5) is 14.6 Å². The maximum Gasteiger partial charge on any atom is 0.270 e. The molecule has 15 heteroatoms. The van der Waals surface area contributed by atoms with E-state index in [4.69, 9.17) is 9.47 Å². The van der Waals surface area contributed by atoms with Gasteiger partial charge in [-0.15, -0.1) is 5.10 Å². The lowest BCUT2D eigenvalue weighted by Gasteiger charge is -2.35. The third kappa shape index (κ3) is 6.33. The van der Waals surface area contributed by atoms with Gasteiger partial charge in [0.05, 0.1) is 38.7 Å². The number of carbonyl (C=O) groups excluding carboxylic acids is 2. The highest BCUT2D eigenvalue weighted by atomic mass is 19.1. The summed E-state index contributed by atoms with van der Waals surface area (Å²) in [7, 11) is 2.97. The molecule has 1 fully saturated rings. The van der Waals surface area contributed by atoms with Gasteiger partial charge in [0, 0.05) is 82.1 Å². The van der Waals surface area contributed by atoms with Crippen molar-refractivity contribution in [1.82, 2.24) is 39.7 Å². The van der Waals surface area contributed by atoms with E-state index in [1.807, 2.05) is 17.0 Å². The first kappa shape index (κ1) is 32.7. The molecule has 13 nitrogen and oxygen atoms in total. The van der Waals surface area contributed by atoms with E-state index in [0.29, 0.717) is 90.8 Å². The Bertz CT molecular complexity index is 2080. The van der Waals surface area contributed by atoms with Crippen LogP contribution in [-0.4, -0.2) is 105 Å². The lowest BCUT2D eigenvalue weighted by Crippen LogP contribution is -2.49. The number of rotatable bonds is 9. The summed E-state index contributed by atoms with van der Waals surface area (Å²) in [5.41, 5.74) is 2.65. The van der Waals surface area contributed by atoms with Gasteiger partial charge in [-0.05, 0) is 41.8 Å². The van der Waals surface area contributed by atoms with E-state index < -0.39 is 11.6 Å². The van der Waals surface area contributed by atoms with Crippen LogP contribution in [0.3, 0.4) is 0 Å². The molecule has 2 aliphatic heterocycles. The van der Waals surface area contributed by atoms with Crippen molar-refractivity contribution < 1.29 is 29.3 Å². The van der Waals surface area contributed by atoms with E-state index in [1.54, 1.807) is 51.3 Å². The third-order valence-electron chi connectivity index (χ3n) is 9.10. The monoisotopic (exact) mass is 685 g/mol. The molecule has 0 aliphatic carbocycles. The second-order valence-corrected chi connectivity index (χ2v) is 12.0. The van der Waals surface area contributed by atoms with Crippen LogP contribution in [0, 0.1) is 11.6 Å². The number of aromatic amines is 1. The summed E-state index contributed by atoms with van der Waals surface area (Å²) in [4.78, 5) is 44.0. The van der Waals surface area contributed by atoms with Gasteiger partial charge in [0.15, 0.2) is 17.4 Å². The predicted molar refractivity (Wildman–Crippen MR) is 183 cm³/mol. The van der Waals surface area contributed by atoms with Crippen molar-refractivity contribution in [2.75, 3.05) is 58.4 Å². The minimum atomic E-state index is -0.520. The summed E-state index contributed by atoms with van der Waals surface area (Å²) in [5, 5.41) is 8.21.